The number of rotatable bonds is 12. The van der Waals surface area contributed by atoms with E-state index in [-0.39, 0.29) is 33.9 Å². The van der Waals surface area contributed by atoms with Gasteiger partial charge in [0, 0.05) is 41.3 Å². The van der Waals surface area contributed by atoms with Crippen molar-refractivity contribution in [2.24, 2.45) is 0 Å². The molecule has 16 heteroatoms. The number of likely N-dealkylation sites (tertiary alicyclic amines) is 1. The van der Waals surface area contributed by atoms with E-state index in [0.717, 1.165) is 11.8 Å². The molecule has 5 N–H and O–H groups in total. The Balaban J connectivity index is 1.20. The quantitative estimate of drug-likeness (QED) is 0.0826. The molecule has 5 aromatic rings. The van der Waals surface area contributed by atoms with E-state index in [9.17, 15) is 27.9 Å². The maximum absolute atomic E-state index is 13.5. The number of nitrogens with zero attached hydrogens (tertiary/aromatic N) is 2. The Kier molecular flexibility index (Phi) is 11.5. The van der Waals surface area contributed by atoms with Crippen LogP contribution >= 0.6 is 0 Å². The molecule has 3 amide bonds. The number of sulfonamides is 1. The Hall–Kier alpha value is -6.55. The van der Waals surface area contributed by atoms with Crippen molar-refractivity contribution in [3.8, 4) is 23.0 Å². The molecule has 4 aromatic carbocycles. The Morgan fingerprint density at radius 2 is 1.58 bits per heavy atom. The van der Waals surface area contributed by atoms with Crippen molar-refractivity contribution < 1.29 is 42.1 Å². The Morgan fingerprint density at radius 1 is 0.860 bits per heavy atom. The summed E-state index contributed by atoms with van der Waals surface area (Å²) in [5.74, 6) is 0.423. The van der Waals surface area contributed by atoms with Crippen LogP contribution in [0.3, 0.4) is 0 Å². The molecule has 1 fully saturated rings. The van der Waals surface area contributed by atoms with Gasteiger partial charge >= 0.3 is 12.0 Å². The lowest BCUT2D eigenvalue weighted by Crippen LogP contribution is -2.40. The van der Waals surface area contributed by atoms with Crippen LogP contribution in [0.4, 0.5) is 33.4 Å². The van der Waals surface area contributed by atoms with Crippen molar-refractivity contribution in [2.45, 2.75) is 45.1 Å². The second kappa shape index (κ2) is 16.3. The lowest BCUT2D eigenvalue weighted by Gasteiger charge is -2.24. The fourth-order valence-corrected chi connectivity index (χ4v) is 7.13. The third-order valence-corrected chi connectivity index (χ3v) is 9.89. The van der Waals surface area contributed by atoms with Gasteiger partial charge in [0.05, 0.1) is 43.1 Å². The number of methoxy groups -OCH3 is 2. The second-order valence-corrected chi connectivity index (χ2v) is 16.2. The Bertz CT molecular complexity index is 2470. The third-order valence-electron chi connectivity index (χ3n) is 9.30. The maximum atomic E-state index is 13.5. The fourth-order valence-electron chi connectivity index (χ4n) is 6.58. The van der Waals surface area contributed by atoms with Gasteiger partial charge in [-0.1, -0.05) is 45.0 Å². The van der Waals surface area contributed by atoms with E-state index < -0.39 is 34.0 Å². The standard InChI is InChI=1S/C41H44N6O9S/c1-41(2,3)24-20-31(37(55-5)32(21-24)46-57(6,52)53)45-40(51)44-30-15-16-34(28-11-8-7-10-27(28)30)56-26-17-18-42-36(23-26)43-25-13-14-29(35(22-25)54-4)38(48)47-19-9-12-33(47)39(49)50/h7-8,10-11,13-18,20-23,33,46H,9,12,19H2,1-6H3,(H,42,43)(H,49,50)(H2,44,45,51)/t33-/m0/s1. The van der Waals surface area contributed by atoms with E-state index in [1.165, 1.54) is 19.1 Å². The number of urea groups is 1. The zero-order valence-corrected chi connectivity index (χ0v) is 33.1. The number of benzene rings is 4. The van der Waals surface area contributed by atoms with Crippen LogP contribution in [0.5, 0.6) is 23.0 Å². The lowest BCUT2D eigenvalue weighted by atomic mass is 9.86. The number of hydrogen-bond donors (Lipinski definition) is 5. The number of carbonyl (C=O) groups excluding carboxylic acids is 2. The van der Waals surface area contributed by atoms with E-state index in [1.54, 1.807) is 60.8 Å². The van der Waals surface area contributed by atoms with Crippen LogP contribution in [0.2, 0.25) is 0 Å². The molecule has 0 unspecified atom stereocenters. The molecule has 2 heterocycles. The van der Waals surface area contributed by atoms with Crippen LogP contribution < -0.4 is 34.9 Å². The summed E-state index contributed by atoms with van der Waals surface area (Å²) in [6, 6.07) is 21.2. The smallest absolute Gasteiger partial charge is 0.326 e. The van der Waals surface area contributed by atoms with E-state index in [0.29, 0.717) is 58.9 Å². The van der Waals surface area contributed by atoms with Gasteiger partial charge < -0.3 is 40.2 Å². The highest BCUT2D eigenvalue weighted by atomic mass is 32.2. The predicted octanol–water partition coefficient (Wildman–Crippen LogP) is 7.79. The van der Waals surface area contributed by atoms with Gasteiger partial charge in [-0.3, -0.25) is 9.52 Å². The highest BCUT2D eigenvalue weighted by molar-refractivity contribution is 7.92. The van der Waals surface area contributed by atoms with Crippen molar-refractivity contribution >= 4 is 67.3 Å². The topological polar surface area (TPSA) is 198 Å². The second-order valence-electron chi connectivity index (χ2n) is 14.5. The number of aliphatic carboxylic acids is 1. The van der Waals surface area contributed by atoms with Gasteiger partial charge in [0.1, 0.15) is 29.1 Å². The summed E-state index contributed by atoms with van der Waals surface area (Å²) in [5.41, 5.74) is 2.19. The number of fused-ring (bicyclic) bond motifs is 1. The molecule has 0 bridgehead atoms. The molecule has 0 aliphatic carbocycles. The predicted molar refractivity (Wildman–Crippen MR) is 219 cm³/mol. The Labute approximate surface area is 330 Å². The van der Waals surface area contributed by atoms with Crippen molar-refractivity contribution in [1.82, 2.24) is 9.88 Å². The van der Waals surface area contributed by atoms with E-state index in [1.807, 2.05) is 45.0 Å². The lowest BCUT2D eigenvalue weighted by molar-refractivity contribution is -0.141. The first-order valence-electron chi connectivity index (χ1n) is 18.0. The van der Waals surface area contributed by atoms with Crippen LogP contribution in [0, 0.1) is 0 Å². The molecule has 15 nitrogen and oxygen atoms in total. The van der Waals surface area contributed by atoms with Gasteiger partial charge in [-0.25, -0.2) is 23.0 Å². The van der Waals surface area contributed by atoms with Crippen LogP contribution in [0.15, 0.2) is 85.1 Å². The zero-order chi connectivity index (χ0) is 41.1. The van der Waals surface area contributed by atoms with Gasteiger partial charge in [0.25, 0.3) is 5.91 Å². The van der Waals surface area contributed by atoms with Crippen molar-refractivity contribution in [3.05, 3.63) is 96.2 Å². The van der Waals surface area contributed by atoms with Crippen LogP contribution in [-0.4, -0.2) is 74.4 Å². The summed E-state index contributed by atoms with van der Waals surface area (Å²) in [6.45, 7) is 6.27. The average Bonchev–Trinajstić information content (AvgIpc) is 3.65. The highest BCUT2D eigenvalue weighted by Crippen LogP contribution is 2.40. The molecule has 1 atom stereocenters. The molecule has 1 aromatic heterocycles. The Morgan fingerprint density at radius 3 is 2.26 bits per heavy atom. The summed E-state index contributed by atoms with van der Waals surface area (Å²) in [7, 11) is -0.817. The largest absolute Gasteiger partial charge is 0.496 e. The number of pyridine rings is 1. The molecular weight excluding hydrogens is 753 g/mol. The van der Waals surface area contributed by atoms with Crippen molar-refractivity contribution in [2.75, 3.05) is 47.7 Å². The molecule has 1 aliphatic rings. The summed E-state index contributed by atoms with van der Waals surface area (Å²) in [5, 5.41) is 19.9. The first-order chi connectivity index (χ1) is 27.0. The number of amides is 3. The minimum atomic E-state index is -3.65. The molecule has 57 heavy (non-hydrogen) atoms. The van der Waals surface area contributed by atoms with Crippen molar-refractivity contribution in [1.29, 1.82) is 0 Å². The zero-order valence-electron chi connectivity index (χ0n) is 32.3. The number of carboxylic acid groups (broad SMARTS) is 1. The van der Waals surface area contributed by atoms with Gasteiger partial charge in [-0.05, 0) is 66.3 Å². The fraction of sp³-hybridized carbons (Fsp3) is 0.268. The SMILES string of the molecule is COc1cc(Nc2cc(Oc3ccc(NC(=O)Nc4cc(C(C)(C)C)cc(NS(C)(=O)=O)c4OC)c4ccccc34)ccn2)ccc1C(=O)N1CCC[C@H]1C(=O)O. The summed E-state index contributed by atoms with van der Waals surface area (Å²) in [6.07, 6.45) is 3.64. The van der Waals surface area contributed by atoms with Gasteiger partial charge in [0.15, 0.2) is 5.75 Å². The number of carbonyl (C=O) groups is 3. The molecule has 1 aliphatic heterocycles. The summed E-state index contributed by atoms with van der Waals surface area (Å²) < 4.78 is 44.2. The van der Waals surface area contributed by atoms with Crippen LogP contribution in [-0.2, 0) is 20.2 Å². The first kappa shape index (κ1) is 40.1. The molecule has 0 radical (unpaired) electrons. The first-order valence-corrected chi connectivity index (χ1v) is 19.9. The molecule has 0 spiro atoms. The number of anilines is 5. The summed E-state index contributed by atoms with van der Waals surface area (Å²) in [4.78, 5) is 44.2. The van der Waals surface area contributed by atoms with E-state index in [4.69, 9.17) is 14.2 Å². The van der Waals surface area contributed by atoms with Crippen LogP contribution in [0.1, 0.15) is 49.5 Å². The highest BCUT2D eigenvalue weighted by Gasteiger charge is 2.35. The number of ether oxygens (including phenoxy) is 3. The van der Waals surface area contributed by atoms with Gasteiger partial charge in [0.2, 0.25) is 10.0 Å². The third kappa shape index (κ3) is 9.29. The van der Waals surface area contributed by atoms with Gasteiger partial charge in [-0.2, -0.15) is 0 Å². The average molecular weight is 797 g/mol. The normalized spacial score (nSPS) is 14.1. The number of aromatic nitrogens is 1. The number of hydrogen-bond acceptors (Lipinski definition) is 10. The minimum Gasteiger partial charge on any atom is -0.496 e. The molecular formula is C41H44N6O9S. The van der Waals surface area contributed by atoms with E-state index in [2.05, 4.69) is 25.7 Å². The summed E-state index contributed by atoms with van der Waals surface area (Å²) >= 11 is 0. The number of carboxylic acids is 1. The minimum absolute atomic E-state index is 0.155. The number of nitrogens with one attached hydrogen (secondary N) is 4. The monoisotopic (exact) mass is 796 g/mol. The van der Waals surface area contributed by atoms with E-state index >= 15 is 0 Å². The molecule has 0 saturated carbocycles. The molecule has 6 rings (SSSR count). The molecule has 298 valence electrons. The van der Waals surface area contributed by atoms with Crippen LogP contribution in [0.25, 0.3) is 10.8 Å². The van der Waals surface area contributed by atoms with Gasteiger partial charge in [-0.15, -0.1) is 0 Å². The molecule has 1 saturated heterocycles. The maximum Gasteiger partial charge on any atom is 0.326 e. The van der Waals surface area contributed by atoms with Crippen molar-refractivity contribution in [3.63, 3.8) is 0 Å².